The van der Waals surface area contributed by atoms with Crippen LogP contribution in [0.25, 0.3) is 0 Å². The first kappa shape index (κ1) is 16.1. The first-order chi connectivity index (χ1) is 12.1. The van der Waals surface area contributed by atoms with Gasteiger partial charge in [-0.2, -0.15) is 0 Å². The maximum absolute atomic E-state index is 11.3. The lowest BCUT2D eigenvalue weighted by Crippen LogP contribution is -2.29. The van der Waals surface area contributed by atoms with Crippen molar-refractivity contribution in [3.05, 3.63) is 74.3 Å². The molecule has 0 bridgehead atoms. The molecule has 1 aliphatic heterocycles. The topological polar surface area (TPSA) is 64.4 Å². The summed E-state index contributed by atoms with van der Waals surface area (Å²) in [6, 6.07) is 11.6. The first-order valence-electron chi connectivity index (χ1n) is 8.13. The standard InChI is InChI=1S/C19H17BrN2O3/c1-25-17-10-13(22(23)24)9-16-14-6-3-7-15(14)18(21-19(16)17)11-4-2-5-12(20)8-11/h2-6,8-10,14-15,18,21H,7H2,1H3/t14-,15-,18-/m1/s1. The fraction of sp³-hybridized carbons (Fsp3) is 0.263. The molecule has 1 N–H and O–H groups in total. The Balaban J connectivity index is 1.85. The lowest BCUT2D eigenvalue weighted by molar-refractivity contribution is -0.385. The average molecular weight is 401 g/mol. The molecule has 1 heterocycles. The Morgan fingerprint density at radius 3 is 2.88 bits per heavy atom. The van der Waals surface area contributed by atoms with Crippen molar-refractivity contribution in [2.24, 2.45) is 5.92 Å². The van der Waals surface area contributed by atoms with Crippen LogP contribution >= 0.6 is 15.9 Å². The highest BCUT2D eigenvalue weighted by atomic mass is 79.9. The number of anilines is 1. The molecule has 0 aromatic heterocycles. The number of halogens is 1. The van der Waals surface area contributed by atoms with Crippen LogP contribution in [0.2, 0.25) is 0 Å². The van der Waals surface area contributed by atoms with Gasteiger partial charge in [-0.3, -0.25) is 10.1 Å². The number of hydrogen-bond donors (Lipinski definition) is 1. The molecule has 0 fully saturated rings. The Labute approximate surface area is 154 Å². The number of nitro groups is 1. The lowest BCUT2D eigenvalue weighted by Gasteiger charge is -2.38. The third-order valence-corrected chi connectivity index (χ3v) is 5.55. The van der Waals surface area contributed by atoms with Crippen molar-refractivity contribution in [1.29, 1.82) is 0 Å². The van der Waals surface area contributed by atoms with Crippen molar-refractivity contribution in [2.75, 3.05) is 12.4 Å². The molecule has 6 heteroatoms. The van der Waals surface area contributed by atoms with Gasteiger partial charge in [0.2, 0.25) is 0 Å². The van der Waals surface area contributed by atoms with E-state index < -0.39 is 0 Å². The van der Waals surface area contributed by atoms with E-state index >= 15 is 0 Å². The minimum absolute atomic E-state index is 0.0670. The third-order valence-electron chi connectivity index (χ3n) is 5.06. The molecular weight excluding hydrogens is 384 g/mol. The van der Waals surface area contributed by atoms with Crippen LogP contribution in [-0.2, 0) is 0 Å². The molecule has 2 aliphatic rings. The normalized spacial score (nSPS) is 23.5. The minimum atomic E-state index is -0.364. The summed E-state index contributed by atoms with van der Waals surface area (Å²) in [4.78, 5) is 10.9. The van der Waals surface area contributed by atoms with Crippen LogP contribution in [0.1, 0.15) is 29.5 Å². The van der Waals surface area contributed by atoms with Crippen molar-refractivity contribution in [3.63, 3.8) is 0 Å². The predicted molar refractivity (Wildman–Crippen MR) is 100 cm³/mol. The monoisotopic (exact) mass is 400 g/mol. The number of allylic oxidation sites excluding steroid dienone is 2. The Morgan fingerprint density at radius 2 is 2.16 bits per heavy atom. The van der Waals surface area contributed by atoms with Gasteiger partial charge in [-0.25, -0.2) is 0 Å². The van der Waals surface area contributed by atoms with Gasteiger partial charge in [-0.1, -0.05) is 40.2 Å². The van der Waals surface area contributed by atoms with Gasteiger partial charge in [0.25, 0.3) is 5.69 Å². The summed E-state index contributed by atoms with van der Waals surface area (Å²) in [5, 5.41) is 14.9. The van der Waals surface area contributed by atoms with Crippen molar-refractivity contribution in [2.45, 2.75) is 18.4 Å². The highest BCUT2D eigenvalue weighted by Crippen LogP contribution is 2.53. The van der Waals surface area contributed by atoms with Crippen LogP contribution in [0.5, 0.6) is 5.75 Å². The second kappa shape index (κ2) is 6.19. The Morgan fingerprint density at radius 1 is 1.32 bits per heavy atom. The van der Waals surface area contributed by atoms with Crippen molar-refractivity contribution >= 4 is 27.3 Å². The minimum Gasteiger partial charge on any atom is -0.494 e. The summed E-state index contributed by atoms with van der Waals surface area (Å²) in [7, 11) is 1.55. The number of rotatable bonds is 3. The van der Waals surface area contributed by atoms with Gasteiger partial charge in [-0.05, 0) is 35.6 Å². The van der Waals surface area contributed by atoms with Gasteiger partial charge in [0, 0.05) is 16.5 Å². The molecule has 0 saturated carbocycles. The Kier molecular flexibility index (Phi) is 4.00. The number of benzene rings is 2. The van der Waals surface area contributed by atoms with E-state index in [9.17, 15) is 10.1 Å². The molecule has 0 unspecified atom stereocenters. The van der Waals surface area contributed by atoms with Crippen LogP contribution < -0.4 is 10.1 Å². The second-order valence-corrected chi connectivity index (χ2v) is 7.32. The molecule has 5 nitrogen and oxygen atoms in total. The molecule has 1 aliphatic carbocycles. The summed E-state index contributed by atoms with van der Waals surface area (Å²) < 4.78 is 6.50. The number of hydrogen-bond acceptors (Lipinski definition) is 4. The van der Waals surface area contributed by atoms with Crippen LogP contribution in [0.4, 0.5) is 11.4 Å². The van der Waals surface area contributed by atoms with Gasteiger partial charge >= 0.3 is 0 Å². The molecular formula is C19H17BrN2O3. The summed E-state index contributed by atoms with van der Waals surface area (Å²) in [6.45, 7) is 0. The zero-order valence-corrected chi connectivity index (χ0v) is 15.2. The van der Waals surface area contributed by atoms with E-state index in [1.807, 2.05) is 12.1 Å². The number of non-ortho nitro benzene ring substituents is 1. The summed E-state index contributed by atoms with van der Waals surface area (Å²) in [5.41, 5.74) is 3.05. The fourth-order valence-corrected chi connectivity index (χ4v) is 4.37. The number of nitro benzene ring substituents is 1. The molecule has 128 valence electrons. The third kappa shape index (κ3) is 2.70. The summed E-state index contributed by atoms with van der Waals surface area (Å²) >= 11 is 3.54. The van der Waals surface area contributed by atoms with Gasteiger partial charge in [0.15, 0.2) is 0 Å². The van der Waals surface area contributed by atoms with E-state index in [1.165, 1.54) is 11.6 Å². The largest absolute Gasteiger partial charge is 0.494 e. The highest BCUT2D eigenvalue weighted by molar-refractivity contribution is 9.10. The van der Waals surface area contributed by atoms with Crippen molar-refractivity contribution in [1.82, 2.24) is 0 Å². The maximum Gasteiger partial charge on any atom is 0.273 e. The van der Waals surface area contributed by atoms with Gasteiger partial charge in [0.1, 0.15) is 5.75 Å². The van der Waals surface area contributed by atoms with Gasteiger partial charge in [-0.15, -0.1) is 0 Å². The Hall–Kier alpha value is -2.34. The number of fused-ring (bicyclic) bond motifs is 3. The summed E-state index contributed by atoms with van der Waals surface area (Å²) in [6.07, 6.45) is 5.28. The van der Waals surface area contributed by atoms with Gasteiger partial charge < -0.3 is 10.1 Å². The summed E-state index contributed by atoms with van der Waals surface area (Å²) in [5.74, 6) is 0.991. The van der Waals surface area contributed by atoms with Gasteiger partial charge in [0.05, 0.1) is 29.8 Å². The molecule has 0 saturated heterocycles. The van der Waals surface area contributed by atoms with Crippen LogP contribution in [-0.4, -0.2) is 12.0 Å². The molecule has 4 rings (SSSR count). The predicted octanol–water partition coefficient (Wildman–Crippen LogP) is 5.19. The fourth-order valence-electron chi connectivity index (χ4n) is 3.95. The van der Waals surface area contributed by atoms with E-state index in [0.717, 1.165) is 22.1 Å². The SMILES string of the molecule is COc1cc([N+](=O)[O-])cc2c1N[C@H](c1cccc(Br)c1)[C@@H]1CC=C[C@@H]21. The highest BCUT2D eigenvalue weighted by Gasteiger charge is 2.40. The van der Waals surface area contributed by atoms with Crippen LogP contribution in [0.3, 0.4) is 0 Å². The van der Waals surface area contributed by atoms with E-state index in [1.54, 1.807) is 13.2 Å². The Bertz CT molecular complexity index is 881. The zero-order valence-electron chi connectivity index (χ0n) is 13.6. The molecule has 2 aromatic carbocycles. The second-order valence-electron chi connectivity index (χ2n) is 6.40. The maximum atomic E-state index is 11.3. The number of nitrogens with zero attached hydrogens (tertiary/aromatic N) is 1. The molecule has 0 radical (unpaired) electrons. The van der Waals surface area contributed by atoms with Crippen LogP contribution in [0, 0.1) is 16.0 Å². The molecule has 25 heavy (non-hydrogen) atoms. The zero-order chi connectivity index (χ0) is 17.6. The molecule has 3 atom stereocenters. The lowest BCUT2D eigenvalue weighted by atomic mass is 9.76. The number of nitrogens with one attached hydrogen (secondary N) is 1. The molecule has 0 spiro atoms. The average Bonchev–Trinajstić information content (AvgIpc) is 3.10. The van der Waals surface area contributed by atoms with Crippen molar-refractivity contribution in [3.8, 4) is 5.75 Å². The van der Waals surface area contributed by atoms with E-state index in [-0.39, 0.29) is 22.6 Å². The number of methoxy groups -OCH3 is 1. The van der Waals surface area contributed by atoms with E-state index in [4.69, 9.17) is 4.74 Å². The molecule has 0 amide bonds. The first-order valence-corrected chi connectivity index (χ1v) is 8.93. The van der Waals surface area contributed by atoms with Crippen LogP contribution in [0.15, 0.2) is 53.0 Å². The smallest absolute Gasteiger partial charge is 0.273 e. The quantitative estimate of drug-likeness (QED) is 0.437. The molecule has 2 aromatic rings. The number of ether oxygens (including phenoxy) is 1. The van der Waals surface area contributed by atoms with E-state index in [0.29, 0.717) is 11.7 Å². The van der Waals surface area contributed by atoms with Crippen molar-refractivity contribution < 1.29 is 9.66 Å². The van der Waals surface area contributed by atoms with E-state index in [2.05, 4.69) is 45.5 Å².